The van der Waals surface area contributed by atoms with Crippen LogP contribution in [0.4, 0.5) is 0 Å². The highest BCUT2D eigenvalue weighted by Gasteiger charge is 2.17. The molecule has 0 nitrogen and oxygen atoms in total. The lowest BCUT2D eigenvalue weighted by Crippen LogP contribution is -1.94. The van der Waals surface area contributed by atoms with E-state index >= 15 is 0 Å². The fourth-order valence-corrected chi connectivity index (χ4v) is 2.34. The summed E-state index contributed by atoms with van der Waals surface area (Å²) in [6, 6.07) is 8.18. The average Bonchev–Trinajstić information content (AvgIpc) is 2.34. The van der Waals surface area contributed by atoms with E-state index in [-0.39, 0.29) is 0 Å². The van der Waals surface area contributed by atoms with Gasteiger partial charge in [0.1, 0.15) is 5.57 Å². The Balaban J connectivity index is 2.47. The zero-order valence-electron chi connectivity index (χ0n) is 9.79. The fourth-order valence-electron chi connectivity index (χ4n) is 1.81. The van der Waals surface area contributed by atoms with Crippen LogP contribution in [0.15, 0.2) is 69.2 Å². The molecule has 0 heterocycles. The second kappa shape index (κ2) is 5.77. The molecule has 0 spiro atoms. The van der Waals surface area contributed by atoms with Gasteiger partial charge in [-0.1, -0.05) is 22.5 Å². The second-order valence-corrected chi connectivity index (χ2v) is 5.82. The number of rotatable bonds is 2. The van der Waals surface area contributed by atoms with Gasteiger partial charge >= 0.3 is 0 Å². The van der Waals surface area contributed by atoms with Crippen LogP contribution in [-0.4, -0.2) is 0 Å². The molecule has 1 aliphatic carbocycles. The summed E-state index contributed by atoms with van der Waals surface area (Å²) < 4.78 is 2.13. The second-order valence-electron chi connectivity index (χ2n) is 3.99. The van der Waals surface area contributed by atoms with Crippen LogP contribution in [0.2, 0.25) is 0 Å². The largest absolute Gasteiger partial charge is 0.104 e. The highest BCUT2D eigenvalue weighted by Crippen LogP contribution is 2.31. The standard InChI is InChI=1S/C16H12Br2/c1-11(2)16(12-3-7-14(17)8-4-12)13-5-9-15(18)10-6-13/h3-10H,1-2H2/q+1. The summed E-state index contributed by atoms with van der Waals surface area (Å²) >= 11 is 6.89. The number of allylic oxidation sites excluding steroid dienone is 7. The number of halogens is 2. The predicted octanol–water partition coefficient (Wildman–Crippen LogP) is 5.65. The van der Waals surface area contributed by atoms with E-state index in [0.717, 1.165) is 31.2 Å². The molecule has 0 atom stereocenters. The smallest absolute Gasteiger partial charge is 0.0852 e. The van der Waals surface area contributed by atoms with Crippen molar-refractivity contribution in [3.05, 3.63) is 88.1 Å². The maximum Gasteiger partial charge on any atom is 0.104 e. The van der Waals surface area contributed by atoms with Crippen molar-refractivity contribution in [3.63, 3.8) is 0 Å². The van der Waals surface area contributed by atoms with E-state index in [4.69, 9.17) is 0 Å². The molecule has 2 heteroatoms. The molecule has 0 bridgehead atoms. The zero-order chi connectivity index (χ0) is 13.1. The monoisotopic (exact) mass is 362 g/mol. The van der Waals surface area contributed by atoms with Crippen LogP contribution in [0.3, 0.4) is 0 Å². The molecule has 0 N–H and O–H groups in total. The molecular weight excluding hydrogens is 352 g/mol. The van der Waals surface area contributed by atoms with E-state index < -0.39 is 0 Å². The molecule has 0 amide bonds. The summed E-state index contributed by atoms with van der Waals surface area (Å²) in [5, 5.41) is 0. The van der Waals surface area contributed by atoms with Gasteiger partial charge < -0.3 is 0 Å². The van der Waals surface area contributed by atoms with E-state index in [1.807, 2.05) is 24.3 Å². The van der Waals surface area contributed by atoms with Crippen LogP contribution in [0.5, 0.6) is 0 Å². The first-order chi connectivity index (χ1) is 8.58. The minimum Gasteiger partial charge on any atom is -0.0852 e. The summed E-state index contributed by atoms with van der Waals surface area (Å²) in [5.74, 6) is 0. The number of benzene rings is 1. The maximum absolute atomic E-state index is 3.98. The van der Waals surface area contributed by atoms with Gasteiger partial charge in [-0.2, -0.15) is 0 Å². The Morgan fingerprint density at radius 1 is 1.06 bits per heavy atom. The minimum atomic E-state index is 0.819. The van der Waals surface area contributed by atoms with Crippen molar-refractivity contribution in [1.29, 1.82) is 0 Å². The van der Waals surface area contributed by atoms with Gasteiger partial charge in [0.15, 0.2) is 0 Å². The first-order valence-corrected chi connectivity index (χ1v) is 7.06. The molecular formula is C16H12Br2+. The molecule has 1 aromatic rings. The van der Waals surface area contributed by atoms with Crippen LogP contribution < -0.4 is 0 Å². The van der Waals surface area contributed by atoms with Gasteiger partial charge in [0.25, 0.3) is 0 Å². The van der Waals surface area contributed by atoms with Gasteiger partial charge in [-0.3, -0.25) is 0 Å². The van der Waals surface area contributed by atoms with Gasteiger partial charge in [-0.25, -0.2) is 0 Å². The van der Waals surface area contributed by atoms with Crippen molar-refractivity contribution in [2.45, 2.75) is 0 Å². The van der Waals surface area contributed by atoms with Crippen molar-refractivity contribution in [2.75, 3.05) is 0 Å². The quantitative estimate of drug-likeness (QED) is 0.596. The van der Waals surface area contributed by atoms with Crippen molar-refractivity contribution in [3.8, 4) is 0 Å². The summed E-state index contributed by atoms with van der Waals surface area (Å²) in [5.41, 5.74) is 4.15. The molecule has 0 saturated carbocycles. The highest BCUT2D eigenvalue weighted by molar-refractivity contribution is 9.12. The van der Waals surface area contributed by atoms with Crippen molar-refractivity contribution < 1.29 is 0 Å². The van der Waals surface area contributed by atoms with Crippen LogP contribution in [0, 0.1) is 13.3 Å². The molecule has 1 radical (unpaired) electrons. The Morgan fingerprint density at radius 3 is 2.22 bits per heavy atom. The van der Waals surface area contributed by atoms with Crippen LogP contribution >= 0.6 is 31.9 Å². The Kier molecular flexibility index (Phi) is 4.31. The summed E-state index contributed by atoms with van der Waals surface area (Å²) in [6.45, 7) is 7.96. The Bertz CT molecular complexity index is 557. The van der Waals surface area contributed by atoms with Gasteiger partial charge in [0.2, 0.25) is 0 Å². The molecule has 89 valence electrons. The van der Waals surface area contributed by atoms with E-state index in [9.17, 15) is 0 Å². The lowest BCUT2D eigenvalue weighted by atomic mass is 9.91. The minimum absolute atomic E-state index is 0.819. The van der Waals surface area contributed by atoms with Crippen LogP contribution in [0.25, 0.3) is 5.57 Å². The van der Waals surface area contributed by atoms with Crippen molar-refractivity contribution in [1.82, 2.24) is 0 Å². The average molecular weight is 364 g/mol. The molecule has 18 heavy (non-hydrogen) atoms. The normalized spacial score (nSPS) is 16.9. The summed E-state index contributed by atoms with van der Waals surface area (Å²) in [4.78, 5) is 0. The Hall–Kier alpha value is -0.990. The molecule has 0 fully saturated rings. The van der Waals surface area contributed by atoms with Crippen LogP contribution in [-0.2, 0) is 0 Å². The molecule has 0 unspecified atom stereocenters. The third-order valence-electron chi connectivity index (χ3n) is 2.62. The van der Waals surface area contributed by atoms with Gasteiger partial charge in [0.05, 0.1) is 10.1 Å². The molecule has 1 aliphatic rings. The molecule has 0 aromatic heterocycles. The third-order valence-corrected chi connectivity index (χ3v) is 3.68. The lowest BCUT2D eigenvalue weighted by molar-refractivity contribution is 1.47. The molecule has 1 aromatic carbocycles. The van der Waals surface area contributed by atoms with E-state index in [1.54, 1.807) is 0 Å². The Morgan fingerprint density at radius 2 is 1.72 bits per heavy atom. The molecule has 0 aliphatic heterocycles. The molecule has 2 rings (SSSR count). The summed E-state index contributed by atoms with van der Waals surface area (Å²) in [6.07, 6.45) is 8.18. The zero-order valence-corrected chi connectivity index (χ0v) is 13.0. The van der Waals surface area contributed by atoms with E-state index in [2.05, 4.69) is 70.0 Å². The van der Waals surface area contributed by atoms with E-state index in [0.29, 0.717) is 0 Å². The number of hydrogen-bond acceptors (Lipinski definition) is 0. The van der Waals surface area contributed by atoms with Crippen LogP contribution in [0.1, 0.15) is 5.56 Å². The highest BCUT2D eigenvalue weighted by atomic mass is 79.9. The Labute approximate surface area is 125 Å². The van der Waals surface area contributed by atoms with Crippen molar-refractivity contribution in [2.24, 2.45) is 0 Å². The lowest BCUT2D eigenvalue weighted by Gasteiger charge is -2.08. The van der Waals surface area contributed by atoms with Gasteiger partial charge in [-0.15, -0.1) is 0 Å². The van der Waals surface area contributed by atoms with Gasteiger partial charge in [0, 0.05) is 50.6 Å². The van der Waals surface area contributed by atoms with Gasteiger partial charge in [-0.05, 0) is 36.8 Å². The molecule has 0 saturated heterocycles. The van der Waals surface area contributed by atoms with Crippen molar-refractivity contribution >= 4 is 37.4 Å². The first kappa shape index (κ1) is 13.4. The SMILES string of the molecule is [CH2]C(=C)/C(=C1\C=CC(Br)=C[CH+]1)c1ccc(Br)cc1. The third kappa shape index (κ3) is 3.06. The number of hydrogen-bond donors (Lipinski definition) is 0. The summed E-state index contributed by atoms with van der Waals surface area (Å²) in [7, 11) is 0. The maximum atomic E-state index is 3.98. The fraction of sp³-hybridized carbons (Fsp3) is 0. The predicted molar refractivity (Wildman–Crippen MR) is 86.0 cm³/mol. The topological polar surface area (TPSA) is 0 Å². The van der Waals surface area contributed by atoms with E-state index in [1.165, 1.54) is 0 Å². The first-order valence-electron chi connectivity index (χ1n) is 5.48.